The van der Waals surface area contributed by atoms with Gasteiger partial charge in [0.2, 0.25) is 0 Å². The molecule has 0 aliphatic rings. The molecule has 0 bridgehead atoms. The molecule has 0 spiro atoms. The number of para-hydroxylation sites is 1. The second-order valence-corrected chi connectivity index (χ2v) is 11.2. The van der Waals surface area contributed by atoms with Crippen LogP contribution in [0.25, 0.3) is 12.2 Å². The molecule has 4 aromatic carbocycles. The summed E-state index contributed by atoms with van der Waals surface area (Å²) in [5.74, 6) is 1.63. The van der Waals surface area contributed by atoms with E-state index in [1.54, 1.807) is 14.2 Å². The van der Waals surface area contributed by atoms with Crippen LogP contribution in [0.4, 0.5) is 11.4 Å². The molecular formula is C39H45NO4. The Labute approximate surface area is 263 Å². The predicted octanol–water partition coefficient (Wildman–Crippen LogP) is 10.1. The number of hydrogen-bond donors (Lipinski definition) is 1. The van der Waals surface area contributed by atoms with Gasteiger partial charge >= 0.3 is 0 Å². The van der Waals surface area contributed by atoms with E-state index in [4.69, 9.17) is 18.9 Å². The molecule has 44 heavy (non-hydrogen) atoms. The minimum Gasteiger partial charge on any atom is -0.497 e. The maximum Gasteiger partial charge on any atom is 0.118 e. The van der Waals surface area contributed by atoms with E-state index in [2.05, 4.69) is 113 Å². The van der Waals surface area contributed by atoms with Gasteiger partial charge in [0, 0.05) is 16.9 Å². The fraction of sp³-hybridized carbons (Fsp3) is 0.282. The lowest BCUT2D eigenvalue weighted by molar-refractivity contribution is 0.0350. The summed E-state index contributed by atoms with van der Waals surface area (Å²) in [6.45, 7) is 10.4. The van der Waals surface area contributed by atoms with Gasteiger partial charge in [0.25, 0.3) is 0 Å². The molecular weight excluding hydrogens is 546 g/mol. The van der Waals surface area contributed by atoms with E-state index in [-0.39, 0.29) is 24.4 Å². The average molecular weight is 592 g/mol. The van der Waals surface area contributed by atoms with Crippen molar-refractivity contribution in [3.8, 4) is 11.5 Å². The molecule has 230 valence electrons. The first-order valence-corrected chi connectivity index (χ1v) is 15.2. The zero-order chi connectivity index (χ0) is 31.5. The second kappa shape index (κ2) is 15.9. The predicted molar refractivity (Wildman–Crippen MR) is 183 cm³/mol. The lowest BCUT2D eigenvalue weighted by Gasteiger charge is -2.20. The smallest absolute Gasteiger partial charge is 0.118 e. The Morgan fingerprint density at radius 2 is 1.05 bits per heavy atom. The van der Waals surface area contributed by atoms with Crippen LogP contribution in [0.1, 0.15) is 67.7 Å². The van der Waals surface area contributed by atoms with Crippen LogP contribution in [0, 0.1) is 6.92 Å². The second-order valence-electron chi connectivity index (χ2n) is 11.2. The first-order valence-electron chi connectivity index (χ1n) is 15.2. The van der Waals surface area contributed by atoms with Crippen molar-refractivity contribution in [2.75, 3.05) is 19.5 Å². The molecule has 0 radical (unpaired) electrons. The van der Waals surface area contributed by atoms with Crippen LogP contribution in [-0.2, 0) is 9.47 Å². The number of nitrogens with one attached hydrogen (secondary N) is 1. The molecule has 1 N–H and O–H groups in total. The molecule has 5 heteroatoms. The largest absolute Gasteiger partial charge is 0.497 e. The van der Waals surface area contributed by atoms with Crippen molar-refractivity contribution in [3.05, 3.63) is 131 Å². The molecule has 0 amide bonds. The zero-order valence-electron chi connectivity index (χ0n) is 26.9. The van der Waals surface area contributed by atoms with Gasteiger partial charge in [-0.2, -0.15) is 0 Å². The highest BCUT2D eigenvalue weighted by Gasteiger charge is 2.15. The Hall–Kier alpha value is -4.32. The van der Waals surface area contributed by atoms with Crippen LogP contribution in [0.3, 0.4) is 0 Å². The third-order valence-electron chi connectivity index (χ3n) is 7.16. The highest BCUT2D eigenvalue weighted by Crippen LogP contribution is 2.33. The van der Waals surface area contributed by atoms with Gasteiger partial charge in [0.05, 0.1) is 26.4 Å². The SMILES string of the molecule is COc1ccc(C(/C=C/c2c(C)ccc(Nc3ccccc3)c2/C=C/C(OC(C)C)c2ccc(OC)cc2)OC(C)C)cc1. The van der Waals surface area contributed by atoms with Gasteiger partial charge in [-0.3, -0.25) is 0 Å². The fourth-order valence-corrected chi connectivity index (χ4v) is 4.94. The lowest BCUT2D eigenvalue weighted by Crippen LogP contribution is -2.09. The van der Waals surface area contributed by atoms with Gasteiger partial charge < -0.3 is 24.3 Å². The Morgan fingerprint density at radius 3 is 1.50 bits per heavy atom. The van der Waals surface area contributed by atoms with E-state index in [1.165, 1.54) is 0 Å². The minimum atomic E-state index is -0.237. The molecule has 4 aromatic rings. The van der Waals surface area contributed by atoms with Gasteiger partial charge in [0.15, 0.2) is 0 Å². The zero-order valence-corrected chi connectivity index (χ0v) is 26.9. The van der Waals surface area contributed by atoms with E-state index >= 15 is 0 Å². The van der Waals surface area contributed by atoms with Gasteiger partial charge in [0.1, 0.15) is 23.7 Å². The molecule has 2 unspecified atom stereocenters. The molecule has 0 aromatic heterocycles. The highest BCUT2D eigenvalue weighted by molar-refractivity contribution is 5.80. The minimum absolute atomic E-state index is 0.0454. The Kier molecular flexibility index (Phi) is 11.8. The Morgan fingerprint density at radius 1 is 0.568 bits per heavy atom. The molecule has 0 saturated carbocycles. The van der Waals surface area contributed by atoms with Gasteiger partial charge in [-0.15, -0.1) is 0 Å². The van der Waals surface area contributed by atoms with Crippen molar-refractivity contribution in [2.45, 2.75) is 59.0 Å². The normalized spacial score (nSPS) is 13.1. The standard InChI is InChI=1S/C39H45NO4/c1-27(2)43-38(30-14-18-33(41-6)19-15-30)25-22-35-29(5)13-24-37(40-32-11-9-8-10-12-32)36(35)23-26-39(44-28(3)4)31-16-20-34(42-7)21-17-31/h8-28,38-40H,1-7H3/b25-22+,26-23+. The van der Waals surface area contributed by atoms with Crippen molar-refractivity contribution in [1.29, 1.82) is 0 Å². The van der Waals surface area contributed by atoms with E-state index in [0.29, 0.717) is 0 Å². The summed E-state index contributed by atoms with van der Waals surface area (Å²) in [7, 11) is 3.35. The summed E-state index contributed by atoms with van der Waals surface area (Å²) in [4.78, 5) is 0. The van der Waals surface area contributed by atoms with Crippen molar-refractivity contribution < 1.29 is 18.9 Å². The number of hydrogen-bond acceptors (Lipinski definition) is 5. The summed E-state index contributed by atoms with van der Waals surface area (Å²) >= 11 is 0. The van der Waals surface area contributed by atoms with Crippen LogP contribution >= 0.6 is 0 Å². The van der Waals surface area contributed by atoms with Crippen molar-refractivity contribution in [3.63, 3.8) is 0 Å². The number of methoxy groups -OCH3 is 2. The molecule has 0 heterocycles. The molecule has 2 atom stereocenters. The third-order valence-corrected chi connectivity index (χ3v) is 7.16. The van der Waals surface area contributed by atoms with Gasteiger partial charge in [-0.1, -0.05) is 72.8 Å². The maximum absolute atomic E-state index is 6.38. The Bertz CT molecular complexity index is 1510. The first kappa shape index (κ1) is 32.6. The van der Waals surface area contributed by atoms with Gasteiger partial charge in [-0.05, 0) is 99.3 Å². The summed E-state index contributed by atoms with van der Waals surface area (Å²) < 4.78 is 23.5. The van der Waals surface area contributed by atoms with E-state index in [1.807, 2.05) is 42.5 Å². The van der Waals surface area contributed by atoms with Crippen LogP contribution in [0.15, 0.2) is 103 Å². The number of anilines is 2. The number of ether oxygens (including phenoxy) is 4. The molecule has 4 rings (SSSR count). The van der Waals surface area contributed by atoms with Crippen LogP contribution in [-0.4, -0.2) is 26.4 Å². The fourth-order valence-electron chi connectivity index (χ4n) is 4.94. The average Bonchev–Trinajstić information content (AvgIpc) is 3.03. The lowest BCUT2D eigenvalue weighted by atomic mass is 9.96. The highest BCUT2D eigenvalue weighted by atomic mass is 16.5. The third kappa shape index (κ3) is 9.09. The molecule has 0 aliphatic heterocycles. The molecule has 0 aliphatic carbocycles. The van der Waals surface area contributed by atoms with E-state index in [0.717, 1.165) is 50.7 Å². The summed E-state index contributed by atoms with van der Waals surface area (Å²) in [6, 6.07) is 30.6. The van der Waals surface area contributed by atoms with Crippen molar-refractivity contribution in [1.82, 2.24) is 0 Å². The number of rotatable bonds is 14. The summed E-state index contributed by atoms with van der Waals surface area (Å²) in [5.41, 5.74) is 7.46. The van der Waals surface area contributed by atoms with E-state index in [9.17, 15) is 0 Å². The quantitative estimate of drug-likeness (QED) is 0.158. The van der Waals surface area contributed by atoms with Gasteiger partial charge in [-0.25, -0.2) is 0 Å². The molecule has 0 saturated heterocycles. The molecule has 5 nitrogen and oxygen atoms in total. The monoisotopic (exact) mass is 591 g/mol. The summed E-state index contributed by atoms with van der Waals surface area (Å²) in [6.07, 6.45) is 8.25. The van der Waals surface area contributed by atoms with Crippen LogP contribution in [0.2, 0.25) is 0 Å². The van der Waals surface area contributed by atoms with Crippen LogP contribution < -0.4 is 14.8 Å². The molecule has 0 fully saturated rings. The first-order chi connectivity index (χ1) is 21.3. The summed E-state index contributed by atoms with van der Waals surface area (Å²) in [5, 5.41) is 3.64. The van der Waals surface area contributed by atoms with Crippen molar-refractivity contribution in [2.24, 2.45) is 0 Å². The number of aryl methyl sites for hydroxylation is 1. The van der Waals surface area contributed by atoms with Crippen LogP contribution in [0.5, 0.6) is 11.5 Å². The van der Waals surface area contributed by atoms with E-state index < -0.39 is 0 Å². The Balaban J connectivity index is 1.79. The number of benzene rings is 4. The van der Waals surface area contributed by atoms with Crippen molar-refractivity contribution >= 4 is 23.5 Å². The maximum atomic E-state index is 6.38. The topological polar surface area (TPSA) is 49.0 Å².